The summed E-state index contributed by atoms with van der Waals surface area (Å²) in [5.74, 6) is 0.310. The highest BCUT2D eigenvalue weighted by Gasteiger charge is 2.05. The third-order valence-corrected chi connectivity index (χ3v) is 2.74. The number of hydrogen-bond acceptors (Lipinski definition) is 2. The monoisotopic (exact) mass is 274 g/mol. The van der Waals surface area contributed by atoms with Crippen LogP contribution in [0.4, 0.5) is 15.8 Å². The van der Waals surface area contributed by atoms with E-state index in [-0.39, 0.29) is 5.82 Å². The van der Waals surface area contributed by atoms with Crippen molar-refractivity contribution in [1.82, 2.24) is 0 Å². The Bertz CT molecular complexity index is 340. The zero-order valence-electron chi connectivity index (χ0n) is 8.98. The minimum absolute atomic E-state index is 0.332. The number of halogens is 2. The minimum atomic E-state index is -0.332. The molecule has 0 aliphatic heterocycles. The van der Waals surface area contributed by atoms with E-state index in [9.17, 15) is 4.39 Å². The summed E-state index contributed by atoms with van der Waals surface area (Å²) < 4.78 is 13.5. The zero-order chi connectivity index (χ0) is 11.4. The van der Waals surface area contributed by atoms with Gasteiger partial charge in [-0.2, -0.15) is 0 Å². The smallest absolute Gasteiger partial charge is 0.139 e. The van der Waals surface area contributed by atoms with Gasteiger partial charge in [-0.1, -0.05) is 13.8 Å². The molecule has 0 fully saturated rings. The van der Waals surface area contributed by atoms with Crippen LogP contribution in [-0.4, -0.2) is 6.54 Å². The van der Waals surface area contributed by atoms with Gasteiger partial charge in [0.25, 0.3) is 0 Å². The first-order chi connectivity index (χ1) is 7.00. The predicted octanol–water partition coefficient (Wildman–Crippen LogP) is 3.63. The van der Waals surface area contributed by atoms with Gasteiger partial charge < -0.3 is 11.1 Å². The van der Waals surface area contributed by atoms with Crippen LogP contribution in [0.2, 0.25) is 0 Å². The standard InChI is InChI=1S/C11H16BrFN2/c1-7(2)3-4-15-11-5-8(12)9(13)6-10(11)14/h5-7,15H,3-4,14H2,1-2H3. The molecule has 0 atom stereocenters. The van der Waals surface area contributed by atoms with Crippen LogP contribution in [0.3, 0.4) is 0 Å². The number of benzene rings is 1. The van der Waals surface area contributed by atoms with Crippen molar-refractivity contribution in [3.8, 4) is 0 Å². The van der Waals surface area contributed by atoms with Gasteiger partial charge in [-0.15, -0.1) is 0 Å². The van der Waals surface area contributed by atoms with Crippen LogP contribution in [0, 0.1) is 11.7 Å². The average molecular weight is 275 g/mol. The summed E-state index contributed by atoms with van der Waals surface area (Å²) in [5.41, 5.74) is 6.91. The van der Waals surface area contributed by atoms with Crippen LogP contribution in [-0.2, 0) is 0 Å². The molecule has 0 aliphatic rings. The molecule has 0 amide bonds. The Morgan fingerprint density at radius 3 is 2.73 bits per heavy atom. The number of nitrogens with two attached hydrogens (primary N) is 1. The molecule has 0 aliphatic carbocycles. The lowest BCUT2D eigenvalue weighted by molar-refractivity contribution is 0.606. The van der Waals surface area contributed by atoms with Crippen molar-refractivity contribution in [2.45, 2.75) is 20.3 Å². The van der Waals surface area contributed by atoms with Crippen LogP contribution < -0.4 is 11.1 Å². The molecule has 15 heavy (non-hydrogen) atoms. The van der Waals surface area contributed by atoms with Crippen molar-refractivity contribution in [2.24, 2.45) is 5.92 Å². The molecule has 84 valence electrons. The van der Waals surface area contributed by atoms with E-state index in [1.807, 2.05) is 0 Å². The van der Waals surface area contributed by atoms with Crippen molar-refractivity contribution < 1.29 is 4.39 Å². The maximum Gasteiger partial charge on any atom is 0.139 e. The number of nitrogen functional groups attached to an aromatic ring is 1. The fourth-order valence-electron chi connectivity index (χ4n) is 1.21. The molecule has 0 unspecified atom stereocenters. The van der Waals surface area contributed by atoms with E-state index in [2.05, 4.69) is 35.1 Å². The van der Waals surface area contributed by atoms with E-state index in [1.54, 1.807) is 6.07 Å². The fourth-order valence-corrected chi connectivity index (χ4v) is 1.55. The van der Waals surface area contributed by atoms with Crippen molar-refractivity contribution in [2.75, 3.05) is 17.6 Å². The first kappa shape index (κ1) is 12.3. The van der Waals surface area contributed by atoms with Gasteiger partial charge in [-0.3, -0.25) is 0 Å². The Hall–Kier alpha value is -0.770. The van der Waals surface area contributed by atoms with Gasteiger partial charge in [0.2, 0.25) is 0 Å². The van der Waals surface area contributed by atoms with Crippen LogP contribution in [0.1, 0.15) is 20.3 Å². The highest BCUT2D eigenvalue weighted by Crippen LogP contribution is 2.26. The summed E-state index contributed by atoms with van der Waals surface area (Å²) in [4.78, 5) is 0. The quantitative estimate of drug-likeness (QED) is 0.823. The van der Waals surface area contributed by atoms with Crippen molar-refractivity contribution in [1.29, 1.82) is 0 Å². The largest absolute Gasteiger partial charge is 0.397 e. The highest BCUT2D eigenvalue weighted by atomic mass is 79.9. The molecular formula is C11H16BrFN2. The molecule has 0 saturated heterocycles. The minimum Gasteiger partial charge on any atom is -0.397 e. The SMILES string of the molecule is CC(C)CCNc1cc(Br)c(F)cc1N. The first-order valence-electron chi connectivity index (χ1n) is 4.99. The molecule has 4 heteroatoms. The second-order valence-corrected chi connectivity index (χ2v) is 4.82. The lowest BCUT2D eigenvalue weighted by Gasteiger charge is -2.11. The second-order valence-electron chi connectivity index (χ2n) is 3.96. The molecule has 0 saturated carbocycles. The number of anilines is 2. The molecule has 3 N–H and O–H groups in total. The Kier molecular flexibility index (Phi) is 4.39. The first-order valence-corrected chi connectivity index (χ1v) is 5.78. The summed E-state index contributed by atoms with van der Waals surface area (Å²) in [5, 5.41) is 3.19. The predicted molar refractivity (Wildman–Crippen MR) is 66.5 cm³/mol. The normalized spacial score (nSPS) is 10.7. The lowest BCUT2D eigenvalue weighted by Crippen LogP contribution is -2.07. The third kappa shape index (κ3) is 3.70. The number of nitrogens with one attached hydrogen (secondary N) is 1. The molecule has 0 heterocycles. The van der Waals surface area contributed by atoms with Gasteiger partial charge in [-0.05, 0) is 34.3 Å². The number of hydrogen-bond donors (Lipinski definition) is 2. The molecule has 1 rings (SSSR count). The molecule has 0 aromatic heterocycles. The Morgan fingerprint density at radius 2 is 2.13 bits per heavy atom. The summed E-state index contributed by atoms with van der Waals surface area (Å²) >= 11 is 3.13. The molecular weight excluding hydrogens is 259 g/mol. The Labute approximate surface area is 98.2 Å². The molecule has 2 nitrogen and oxygen atoms in total. The van der Waals surface area contributed by atoms with E-state index in [4.69, 9.17) is 5.73 Å². The van der Waals surface area contributed by atoms with Gasteiger partial charge in [0, 0.05) is 12.6 Å². The van der Waals surface area contributed by atoms with Crippen LogP contribution >= 0.6 is 15.9 Å². The number of rotatable bonds is 4. The van der Waals surface area contributed by atoms with E-state index < -0.39 is 0 Å². The molecule has 0 spiro atoms. The van der Waals surface area contributed by atoms with Crippen molar-refractivity contribution in [3.05, 3.63) is 22.4 Å². The molecule has 1 aromatic carbocycles. The third-order valence-electron chi connectivity index (χ3n) is 2.13. The Balaban J connectivity index is 2.65. The van der Waals surface area contributed by atoms with Crippen LogP contribution in [0.5, 0.6) is 0 Å². The van der Waals surface area contributed by atoms with Crippen molar-refractivity contribution in [3.63, 3.8) is 0 Å². The lowest BCUT2D eigenvalue weighted by atomic mass is 10.1. The van der Waals surface area contributed by atoms with E-state index in [1.165, 1.54) is 6.07 Å². The van der Waals surface area contributed by atoms with Crippen molar-refractivity contribution >= 4 is 27.3 Å². The molecule has 0 radical (unpaired) electrons. The maximum absolute atomic E-state index is 13.1. The summed E-state index contributed by atoms with van der Waals surface area (Å²) in [6.45, 7) is 5.16. The average Bonchev–Trinajstić information content (AvgIpc) is 2.13. The van der Waals surface area contributed by atoms with Gasteiger partial charge in [-0.25, -0.2) is 4.39 Å². The van der Waals surface area contributed by atoms with Gasteiger partial charge in [0.05, 0.1) is 15.8 Å². The highest BCUT2D eigenvalue weighted by molar-refractivity contribution is 9.10. The maximum atomic E-state index is 13.1. The fraction of sp³-hybridized carbons (Fsp3) is 0.455. The van der Waals surface area contributed by atoms with E-state index in [0.29, 0.717) is 16.1 Å². The van der Waals surface area contributed by atoms with Crippen LogP contribution in [0.25, 0.3) is 0 Å². The van der Waals surface area contributed by atoms with Gasteiger partial charge >= 0.3 is 0 Å². The summed E-state index contributed by atoms with van der Waals surface area (Å²) in [6, 6.07) is 2.99. The summed E-state index contributed by atoms with van der Waals surface area (Å²) in [6.07, 6.45) is 1.06. The molecule has 1 aromatic rings. The second kappa shape index (κ2) is 5.35. The molecule has 0 bridgehead atoms. The topological polar surface area (TPSA) is 38.0 Å². The van der Waals surface area contributed by atoms with E-state index >= 15 is 0 Å². The van der Waals surface area contributed by atoms with Gasteiger partial charge in [0.15, 0.2) is 0 Å². The zero-order valence-corrected chi connectivity index (χ0v) is 10.6. The van der Waals surface area contributed by atoms with Crippen LogP contribution in [0.15, 0.2) is 16.6 Å². The Morgan fingerprint density at radius 1 is 1.47 bits per heavy atom. The van der Waals surface area contributed by atoms with Gasteiger partial charge in [0.1, 0.15) is 5.82 Å². The van der Waals surface area contributed by atoms with E-state index in [0.717, 1.165) is 18.7 Å². The summed E-state index contributed by atoms with van der Waals surface area (Å²) in [7, 11) is 0.